The van der Waals surface area contributed by atoms with E-state index in [1.165, 1.54) is 19.3 Å². The number of anilines is 1. The molecule has 1 N–H and O–H groups in total. The Morgan fingerprint density at radius 3 is 2.35 bits per heavy atom. The Labute approximate surface area is 121 Å². The van der Waals surface area contributed by atoms with Crippen molar-refractivity contribution in [3.05, 3.63) is 18.2 Å². The van der Waals surface area contributed by atoms with Crippen molar-refractivity contribution in [1.29, 1.82) is 0 Å². The Morgan fingerprint density at radius 2 is 1.65 bits per heavy atom. The number of hydrogen-bond acceptors (Lipinski definition) is 3. The van der Waals surface area contributed by atoms with Gasteiger partial charge in [-0.3, -0.25) is 0 Å². The van der Waals surface area contributed by atoms with Crippen LogP contribution in [-0.4, -0.2) is 12.8 Å². The van der Waals surface area contributed by atoms with Crippen LogP contribution < -0.4 is 14.8 Å². The van der Waals surface area contributed by atoms with Gasteiger partial charge in [0.05, 0.1) is 0 Å². The summed E-state index contributed by atoms with van der Waals surface area (Å²) in [5.74, 6) is 1.70. The number of hydrogen-bond donors (Lipinski definition) is 1. The Bertz CT molecular complexity index is 492. The molecule has 1 aliphatic heterocycles. The van der Waals surface area contributed by atoms with E-state index in [2.05, 4.69) is 45.1 Å². The van der Waals surface area contributed by atoms with Crippen LogP contribution in [0.15, 0.2) is 18.2 Å². The maximum atomic E-state index is 5.45. The molecule has 1 heterocycles. The van der Waals surface area contributed by atoms with Crippen LogP contribution in [0.1, 0.15) is 47.0 Å². The lowest BCUT2D eigenvalue weighted by molar-refractivity contribution is 0.105. The summed E-state index contributed by atoms with van der Waals surface area (Å²) in [6.45, 7) is 9.84. The average Bonchev–Trinajstić information content (AvgIpc) is 2.71. The zero-order valence-electron chi connectivity index (χ0n) is 13.0. The fourth-order valence-corrected chi connectivity index (χ4v) is 4.17. The fraction of sp³-hybridized carbons (Fsp3) is 0.647. The van der Waals surface area contributed by atoms with Gasteiger partial charge in [-0.15, -0.1) is 0 Å². The summed E-state index contributed by atoms with van der Waals surface area (Å²) < 4.78 is 10.8. The SMILES string of the molecule is CC1(C)CC(Nc2ccc3c(c2)OCO3)CC(C)(C)C1. The summed E-state index contributed by atoms with van der Waals surface area (Å²) in [6, 6.07) is 6.65. The van der Waals surface area contributed by atoms with Gasteiger partial charge in [0.15, 0.2) is 11.5 Å². The van der Waals surface area contributed by atoms with Gasteiger partial charge in [-0.1, -0.05) is 27.7 Å². The zero-order chi connectivity index (χ0) is 14.4. The van der Waals surface area contributed by atoms with E-state index in [1.54, 1.807) is 0 Å². The molecule has 0 spiro atoms. The lowest BCUT2D eigenvalue weighted by atomic mass is 9.63. The molecule has 1 fully saturated rings. The first kappa shape index (κ1) is 13.6. The number of fused-ring (bicyclic) bond motifs is 1. The van der Waals surface area contributed by atoms with Crippen molar-refractivity contribution in [1.82, 2.24) is 0 Å². The molecule has 1 saturated carbocycles. The molecule has 3 nitrogen and oxygen atoms in total. The van der Waals surface area contributed by atoms with Gasteiger partial charge in [-0.2, -0.15) is 0 Å². The molecule has 0 radical (unpaired) electrons. The van der Waals surface area contributed by atoms with Crippen LogP contribution in [0.2, 0.25) is 0 Å². The minimum absolute atomic E-state index is 0.336. The van der Waals surface area contributed by atoms with Gasteiger partial charge in [0, 0.05) is 17.8 Å². The standard InChI is InChI=1S/C17H25NO2/c1-16(2)8-13(9-17(3,4)10-16)18-12-5-6-14-15(7-12)20-11-19-14/h5-7,13,18H,8-11H2,1-4H3. The van der Waals surface area contributed by atoms with E-state index in [4.69, 9.17) is 9.47 Å². The number of benzene rings is 1. The highest BCUT2D eigenvalue weighted by atomic mass is 16.7. The van der Waals surface area contributed by atoms with E-state index in [0.717, 1.165) is 17.2 Å². The van der Waals surface area contributed by atoms with Crippen LogP contribution in [0.5, 0.6) is 11.5 Å². The highest BCUT2D eigenvalue weighted by Crippen LogP contribution is 2.46. The van der Waals surface area contributed by atoms with Gasteiger partial charge in [-0.25, -0.2) is 0 Å². The molecule has 1 aliphatic carbocycles. The Morgan fingerprint density at radius 1 is 1.00 bits per heavy atom. The summed E-state index contributed by atoms with van der Waals surface area (Å²) in [5.41, 5.74) is 1.93. The van der Waals surface area contributed by atoms with Crippen molar-refractivity contribution in [2.45, 2.75) is 53.0 Å². The third kappa shape index (κ3) is 2.87. The summed E-state index contributed by atoms with van der Waals surface area (Å²) in [7, 11) is 0. The Kier molecular flexibility index (Phi) is 3.11. The molecule has 0 aromatic heterocycles. The molecule has 20 heavy (non-hydrogen) atoms. The highest BCUT2D eigenvalue weighted by Gasteiger charge is 2.38. The predicted molar refractivity (Wildman–Crippen MR) is 81.4 cm³/mol. The molecular weight excluding hydrogens is 250 g/mol. The third-order valence-electron chi connectivity index (χ3n) is 4.30. The van der Waals surface area contributed by atoms with Crippen LogP contribution in [0, 0.1) is 10.8 Å². The third-order valence-corrected chi connectivity index (χ3v) is 4.30. The molecule has 110 valence electrons. The highest BCUT2D eigenvalue weighted by molar-refractivity contribution is 5.56. The van der Waals surface area contributed by atoms with Crippen molar-refractivity contribution in [2.75, 3.05) is 12.1 Å². The average molecular weight is 275 g/mol. The number of rotatable bonds is 2. The summed E-state index contributed by atoms with van der Waals surface area (Å²) in [6.07, 6.45) is 3.72. The molecule has 2 aliphatic rings. The quantitative estimate of drug-likeness (QED) is 0.866. The van der Waals surface area contributed by atoms with Crippen molar-refractivity contribution in [2.24, 2.45) is 10.8 Å². The minimum Gasteiger partial charge on any atom is -0.454 e. The topological polar surface area (TPSA) is 30.5 Å². The van der Waals surface area contributed by atoms with Gasteiger partial charge >= 0.3 is 0 Å². The van der Waals surface area contributed by atoms with Gasteiger partial charge in [0.25, 0.3) is 0 Å². The Hall–Kier alpha value is -1.38. The summed E-state index contributed by atoms with van der Waals surface area (Å²) in [5, 5.41) is 3.69. The zero-order valence-corrected chi connectivity index (χ0v) is 13.0. The molecule has 0 saturated heterocycles. The molecule has 3 rings (SSSR count). The van der Waals surface area contributed by atoms with Crippen LogP contribution in [-0.2, 0) is 0 Å². The second-order valence-corrected chi connectivity index (χ2v) is 7.82. The molecule has 1 aromatic carbocycles. The Balaban J connectivity index is 1.74. The number of nitrogens with one attached hydrogen (secondary N) is 1. The van der Waals surface area contributed by atoms with Gasteiger partial charge in [0.1, 0.15) is 0 Å². The van der Waals surface area contributed by atoms with E-state index in [0.29, 0.717) is 23.7 Å². The first-order valence-electron chi connectivity index (χ1n) is 7.49. The summed E-state index contributed by atoms with van der Waals surface area (Å²) >= 11 is 0. The van der Waals surface area contributed by atoms with Crippen molar-refractivity contribution in [3.8, 4) is 11.5 Å². The molecule has 0 atom stereocenters. The normalized spacial score (nSPS) is 23.6. The van der Waals surface area contributed by atoms with Crippen LogP contribution >= 0.6 is 0 Å². The summed E-state index contributed by atoms with van der Waals surface area (Å²) in [4.78, 5) is 0. The number of ether oxygens (including phenoxy) is 2. The van der Waals surface area contributed by atoms with Crippen LogP contribution in [0.3, 0.4) is 0 Å². The van der Waals surface area contributed by atoms with Crippen molar-refractivity contribution >= 4 is 5.69 Å². The van der Waals surface area contributed by atoms with E-state index in [9.17, 15) is 0 Å². The molecular formula is C17H25NO2. The smallest absolute Gasteiger partial charge is 0.231 e. The predicted octanol–water partition coefficient (Wildman–Crippen LogP) is 4.43. The fourth-order valence-electron chi connectivity index (χ4n) is 4.17. The van der Waals surface area contributed by atoms with E-state index in [1.807, 2.05) is 6.07 Å². The van der Waals surface area contributed by atoms with E-state index >= 15 is 0 Å². The minimum atomic E-state index is 0.336. The molecule has 0 amide bonds. The van der Waals surface area contributed by atoms with Crippen LogP contribution in [0.25, 0.3) is 0 Å². The van der Waals surface area contributed by atoms with Crippen LogP contribution in [0.4, 0.5) is 5.69 Å². The van der Waals surface area contributed by atoms with Gasteiger partial charge in [0.2, 0.25) is 6.79 Å². The van der Waals surface area contributed by atoms with E-state index < -0.39 is 0 Å². The lowest BCUT2D eigenvalue weighted by Crippen LogP contribution is -2.40. The maximum absolute atomic E-state index is 5.45. The second kappa shape index (κ2) is 4.57. The second-order valence-electron chi connectivity index (χ2n) is 7.82. The monoisotopic (exact) mass is 275 g/mol. The van der Waals surface area contributed by atoms with Gasteiger partial charge in [-0.05, 0) is 42.2 Å². The molecule has 0 bridgehead atoms. The van der Waals surface area contributed by atoms with Gasteiger partial charge < -0.3 is 14.8 Å². The largest absolute Gasteiger partial charge is 0.454 e. The van der Waals surface area contributed by atoms with Crippen molar-refractivity contribution in [3.63, 3.8) is 0 Å². The van der Waals surface area contributed by atoms with Crippen molar-refractivity contribution < 1.29 is 9.47 Å². The molecule has 0 unspecified atom stereocenters. The lowest BCUT2D eigenvalue weighted by Gasteiger charge is -2.45. The molecule has 3 heteroatoms. The van der Waals surface area contributed by atoms with E-state index in [-0.39, 0.29) is 0 Å². The first-order chi connectivity index (χ1) is 9.33. The maximum Gasteiger partial charge on any atom is 0.231 e. The first-order valence-corrected chi connectivity index (χ1v) is 7.49. The molecule has 1 aromatic rings.